The number of fused-ring (bicyclic) bond motifs is 1. The minimum Gasteiger partial charge on any atom is -0.310 e. The first kappa shape index (κ1) is 15.1. The van der Waals surface area contributed by atoms with E-state index in [0.29, 0.717) is 17.0 Å². The maximum atomic E-state index is 12.4. The van der Waals surface area contributed by atoms with Crippen LogP contribution in [0.2, 0.25) is 0 Å². The second kappa shape index (κ2) is 6.23. The Hall–Kier alpha value is -2.43. The van der Waals surface area contributed by atoms with Gasteiger partial charge in [0.15, 0.2) is 5.65 Å². The lowest BCUT2D eigenvalue weighted by atomic mass is 9.87. The quantitative estimate of drug-likeness (QED) is 0.802. The molecule has 1 fully saturated rings. The summed E-state index contributed by atoms with van der Waals surface area (Å²) in [5.74, 6) is 1.42. The van der Waals surface area contributed by atoms with Crippen LogP contribution in [0.15, 0.2) is 35.3 Å². The lowest BCUT2D eigenvalue weighted by Crippen LogP contribution is -2.17. The molecule has 1 saturated carbocycles. The van der Waals surface area contributed by atoms with Crippen molar-refractivity contribution >= 4 is 11.0 Å². The Morgan fingerprint density at radius 2 is 2.00 bits per heavy atom. The van der Waals surface area contributed by atoms with Crippen molar-refractivity contribution in [2.75, 3.05) is 0 Å². The molecule has 0 saturated heterocycles. The summed E-state index contributed by atoms with van der Waals surface area (Å²) in [5, 5.41) is 4.96. The zero-order valence-corrected chi connectivity index (χ0v) is 14.0. The van der Waals surface area contributed by atoms with E-state index in [9.17, 15) is 4.79 Å². The van der Waals surface area contributed by atoms with Crippen molar-refractivity contribution in [3.63, 3.8) is 0 Å². The van der Waals surface area contributed by atoms with Crippen molar-refractivity contribution in [2.45, 2.75) is 45.4 Å². The van der Waals surface area contributed by atoms with Gasteiger partial charge < -0.3 is 4.98 Å². The van der Waals surface area contributed by atoms with E-state index in [-0.39, 0.29) is 5.56 Å². The summed E-state index contributed by atoms with van der Waals surface area (Å²) >= 11 is 0. The minimum absolute atomic E-state index is 0.0920. The van der Waals surface area contributed by atoms with Crippen molar-refractivity contribution in [3.05, 3.63) is 52.2 Å². The fourth-order valence-electron chi connectivity index (χ4n) is 3.70. The molecule has 0 spiro atoms. The fraction of sp³-hybridized carbons (Fsp3) is 0.421. The third kappa shape index (κ3) is 2.75. The van der Waals surface area contributed by atoms with Gasteiger partial charge in [-0.15, -0.1) is 0 Å². The van der Waals surface area contributed by atoms with Crippen molar-refractivity contribution < 1.29 is 0 Å². The molecule has 2 heterocycles. The van der Waals surface area contributed by atoms with Crippen LogP contribution in [0.3, 0.4) is 0 Å². The van der Waals surface area contributed by atoms with Crippen LogP contribution in [0.1, 0.15) is 43.5 Å². The van der Waals surface area contributed by atoms with Gasteiger partial charge in [-0.25, -0.2) is 9.67 Å². The van der Waals surface area contributed by atoms with Crippen LogP contribution in [0, 0.1) is 12.8 Å². The molecule has 24 heavy (non-hydrogen) atoms. The lowest BCUT2D eigenvalue weighted by Gasteiger charge is -2.20. The third-order valence-electron chi connectivity index (χ3n) is 5.04. The maximum Gasteiger partial charge on any atom is 0.262 e. The van der Waals surface area contributed by atoms with Crippen LogP contribution in [0.25, 0.3) is 16.7 Å². The summed E-state index contributed by atoms with van der Waals surface area (Å²) in [7, 11) is 0. The molecule has 3 aromatic rings. The smallest absolute Gasteiger partial charge is 0.262 e. The summed E-state index contributed by atoms with van der Waals surface area (Å²) in [6.45, 7) is 2.04. The van der Waals surface area contributed by atoms with Crippen LogP contribution in [-0.4, -0.2) is 19.7 Å². The Labute approximate surface area is 140 Å². The average molecular weight is 322 g/mol. The highest BCUT2D eigenvalue weighted by molar-refractivity contribution is 5.75. The number of para-hydroxylation sites is 1. The molecular formula is C19H22N4O. The second-order valence-corrected chi connectivity index (χ2v) is 6.80. The molecule has 0 atom stereocenters. The molecule has 1 N–H and O–H groups in total. The highest BCUT2D eigenvalue weighted by Gasteiger charge is 2.17. The Bertz CT molecular complexity index is 919. The van der Waals surface area contributed by atoms with Gasteiger partial charge in [0, 0.05) is 6.42 Å². The first-order valence-corrected chi connectivity index (χ1v) is 8.75. The molecule has 1 aliphatic rings. The van der Waals surface area contributed by atoms with E-state index in [1.165, 1.54) is 32.1 Å². The number of hydrogen-bond donors (Lipinski definition) is 1. The van der Waals surface area contributed by atoms with E-state index in [1.807, 2.05) is 31.2 Å². The Morgan fingerprint density at radius 3 is 2.79 bits per heavy atom. The average Bonchev–Trinajstić information content (AvgIpc) is 3.00. The molecule has 5 heteroatoms. The van der Waals surface area contributed by atoms with Crippen molar-refractivity contribution in [2.24, 2.45) is 5.92 Å². The van der Waals surface area contributed by atoms with Gasteiger partial charge in [-0.05, 0) is 24.5 Å². The van der Waals surface area contributed by atoms with Crippen molar-refractivity contribution in [1.82, 2.24) is 19.7 Å². The number of aryl methyl sites for hydroxylation is 1. The van der Waals surface area contributed by atoms with Crippen LogP contribution in [0.4, 0.5) is 0 Å². The monoisotopic (exact) mass is 322 g/mol. The highest BCUT2D eigenvalue weighted by Crippen LogP contribution is 2.26. The standard InChI is InChI=1S/C19H22N4O/c1-13-7-5-6-10-16(13)23-18-15(12-20-23)19(24)22-17(21-18)11-14-8-3-2-4-9-14/h5-7,10,12,14H,2-4,8-9,11H2,1H3,(H,21,22,24). The molecule has 124 valence electrons. The second-order valence-electron chi connectivity index (χ2n) is 6.80. The molecule has 0 amide bonds. The van der Waals surface area contributed by atoms with E-state index in [1.54, 1.807) is 10.9 Å². The number of aromatic amines is 1. The highest BCUT2D eigenvalue weighted by atomic mass is 16.1. The number of nitrogens with zero attached hydrogens (tertiary/aromatic N) is 3. The Morgan fingerprint density at radius 1 is 1.21 bits per heavy atom. The van der Waals surface area contributed by atoms with Gasteiger partial charge in [0.1, 0.15) is 11.2 Å². The fourth-order valence-corrected chi connectivity index (χ4v) is 3.70. The number of benzene rings is 1. The van der Waals surface area contributed by atoms with Crippen LogP contribution in [0.5, 0.6) is 0 Å². The first-order chi connectivity index (χ1) is 11.7. The van der Waals surface area contributed by atoms with E-state index in [0.717, 1.165) is 23.5 Å². The molecule has 0 unspecified atom stereocenters. The van der Waals surface area contributed by atoms with E-state index in [4.69, 9.17) is 4.98 Å². The van der Waals surface area contributed by atoms with Crippen LogP contribution in [-0.2, 0) is 6.42 Å². The zero-order valence-electron chi connectivity index (χ0n) is 14.0. The summed E-state index contributed by atoms with van der Waals surface area (Å²) in [5.41, 5.74) is 2.64. The molecule has 0 radical (unpaired) electrons. The molecule has 1 aromatic carbocycles. The summed E-state index contributed by atoms with van der Waals surface area (Å²) < 4.78 is 1.78. The van der Waals surface area contributed by atoms with E-state index < -0.39 is 0 Å². The van der Waals surface area contributed by atoms with Gasteiger partial charge in [0.05, 0.1) is 11.9 Å². The van der Waals surface area contributed by atoms with Crippen LogP contribution < -0.4 is 5.56 Å². The lowest BCUT2D eigenvalue weighted by molar-refractivity contribution is 0.351. The molecule has 2 aromatic heterocycles. The van der Waals surface area contributed by atoms with Crippen molar-refractivity contribution in [1.29, 1.82) is 0 Å². The predicted molar refractivity (Wildman–Crippen MR) is 94.5 cm³/mol. The SMILES string of the molecule is Cc1ccccc1-n1ncc2c(=O)[nH]c(CC3CCCCC3)nc21. The van der Waals surface area contributed by atoms with E-state index >= 15 is 0 Å². The van der Waals surface area contributed by atoms with Gasteiger partial charge in [-0.1, -0.05) is 50.3 Å². The number of nitrogens with one attached hydrogen (secondary N) is 1. The zero-order chi connectivity index (χ0) is 16.5. The molecule has 0 aliphatic heterocycles. The summed E-state index contributed by atoms with van der Waals surface area (Å²) in [6.07, 6.45) is 8.84. The largest absolute Gasteiger partial charge is 0.310 e. The van der Waals surface area contributed by atoms with Crippen molar-refractivity contribution in [3.8, 4) is 5.69 Å². The van der Waals surface area contributed by atoms with Crippen LogP contribution >= 0.6 is 0 Å². The Balaban J connectivity index is 1.77. The number of H-pyrrole nitrogens is 1. The van der Waals surface area contributed by atoms with Gasteiger partial charge in [0.2, 0.25) is 0 Å². The number of rotatable bonds is 3. The summed E-state index contributed by atoms with van der Waals surface area (Å²) in [4.78, 5) is 20.1. The predicted octanol–water partition coefficient (Wildman–Crippen LogP) is 3.54. The minimum atomic E-state index is -0.0920. The molecule has 1 aliphatic carbocycles. The number of aromatic nitrogens is 4. The number of hydrogen-bond acceptors (Lipinski definition) is 3. The van der Waals surface area contributed by atoms with Gasteiger partial charge in [0.25, 0.3) is 5.56 Å². The normalized spacial score (nSPS) is 15.9. The van der Waals surface area contributed by atoms with E-state index in [2.05, 4.69) is 10.1 Å². The molecule has 5 nitrogen and oxygen atoms in total. The molecular weight excluding hydrogens is 300 g/mol. The topological polar surface area (TPSA) is 63.6 Å². The summed E-state index contributed by atoms with van der Waals surface area (Å²) in [6, 6.07) is 8.02. The maximum absolute atomic E-state index is 12.4. The molecule has 4 rings (SSSR count). The van der Waals surface area contributed by atoms with Gasteiger partial charge in [-0.3, -0.25) is 4.79 Å². The van der Waals surface area contributed by atoms with Gasteiger partial charge >= 0.3 is 0 Å². The Kier molecular flexibility index (Phi) is 3.92. The van der Waals surface area contributed by atoms with Gasteiger partial charge in [-0.2, -0.15) is 5.10 Å². The first-order valence-electron chi connectivity index (χ1n) is 8.75. The molecule has 0 bridgehead atoms. The third-order valence-corrected chi connectivity index (χ3v) is 5.04.